The number of carbonyl (C=O) groups excluding carboxylic acids is 1. The third-order valence-corrected chi connectivity index (χ3v) is 3.58. The molecule has 0 spiro atoms. The van der Waals surface area contributed by atoms with Gasteiger partial charge in [0, 0.05) is 6.42 Å². The summed E-state index contributed by atoms with van der Waals surface area (Å²) in [7, 11) is -4.37. The van der Waals surface area contributed by atoms with Crippen molar-refractivity contribution in [1.29, 1.82) is 0 Å². The molecule has 0 aromatic heterocycles. The van der Waals surface area contributed by atoms with E-state index in [1.807, 2.05) is 0 Å². The first-order valence-corrected chi connectivity index (χ1v) is 9.13. The normalized spacial score (nSPS) is 11.0. The van der Waals surface area contributed by atoms with Gasteiger partial charge in [-0.25, -0.2) is 4.89 Å². The zero-order valence-corrected chi connectivity index (χ0v) is 17.0. The van der Waals surface area contributed by atoms with Crippen molar-refractivity contribution in [3.05, 3.63) is 0 Å². The number of carbonyl (C=O) groups is 1. The van der Waals surface area contributed by atoms with Crippen LogP contribution in [0.25, 0.3) is 0 Å². The molecule has 22 heavy (non-hydrogen) atoms. The van der Waals surface area contributed by atoms with E-state index in [9.17, 15) is 13.2 Å². The Labute approximate surface area is 158 Å². The molecule has 0 rings (SSSR count). The molecule has 6 nitrogen and oxygen atoms in total. The second-order valence-corrected chi connectivity index (χ2v) is 6.04. The predicted molar refractivity (Wildman–Crippen MR) is 80.7 cm³/mol. The van der Waals surface area contributed by atoms with Crippen LogP contribution in [0.2, 0.25) is 0 Å². The summed E-state index contributed by atoms with van der Waals surface area (Å²) in [5, 5.41) is 0. The van der Waals surface area contributed by atoms with Gasteiger partial charge in [0.05, 0.1) is 6.61 Å². The van der Waals surface area contributed by atoms with E-state index < -0.39 is 16.4 Å². The first-order chi connectivity index (χ1) is 10.0. The first-order valence-electron chi connectivity index (χ1n) is 7.80. The number of rotatable bonds is 14. The van der Waals surface area contributed by atoms with Crippen LogP contribution in [0.15, 0.2) is 0 Å². The molecule has 0 aliphatic carbocycles. The van der Waals surface area contributed by atoms with Crippen molar-refractivity contribution in [2.45, 2.75) is 78.1 Å². The zero-order valence-electron chi connectivity index (χ0n) is 15.1. The Hall–Kier alpha value is 0.340. The van der Waals surface area contributed by atoms with Gasteiger partial charge < -0.3 is 5.61 Å². The van der Waals surface area contributed by atoms with Gasteiger partial charge in [-0.3, -0.25) is 4.79 Å². The molecule has 0 aromatic carbocycles. The van der Waals surface area contributed by atoms with Gasteiger partial charge in [-0.15, -0.1) is 0 Å². The van der Waals surface area contributed by atoms with Gasteiger partial charge >= 0.3 is 45.9 Å². The average Bonchev–Trinajstić information content (AvgIpc) is 2.43. The largest absolute Gasteiger partial charge is 1.00 e. The fraction of sp³-hybridized carbons (Fsp3) is 0.929. The number of unbranched alkanes of at least 4 members (excludes halogenated alkanes) is 8. The first kappa shape index (κ1) is 24.6. The summed E-state index contributed by atoms with van der Waals surface area (Å²) in [6, 6.07) is 0. The van der Waals surface area contributed by atoms with Gasteiger partial charge in [0.2, 0.25) is 0 Å². The van der Waals surface area contributed by atoms with Crippen LogP contribution >= 0.6 is 0 Å². The maximum absolute atomic E-state index is 11.3. The van der Waals surface area contributed by atoms with Gasteiger partial charge in [0.1, 0.15) is 0 Å². The molecule has 0 aromatic rings. The quantitative estimate of drug-likeness (QED) is 0.200. The third-order valence-electron chi connectivity index (χ3n) is 2.93. The Balaban J connectivity index is -0.00000200. The van der Waals surface area contributed by atoms with Gasteiger partial charge in [-0.05, 0) is 13.3 Å². The Bertz CT molecular complexity index is 364. The van der Waals surface area contributed by atoms with Crippen LogP contribution in [-0.2, 0) is 28.6 Å². The van der Waals surface area contributed by atoms with Crippen LogP contribution in [0, 0.1) is 0 Å². The van der Waals surface area contributed by atoms with E-state index in [2.05, 4.69) is 20.3 Å². The molecule has 128 valence electrons. The predicted octanol–water partition coefficient (Wildman–Crippen LogP) is 0.780. The summed E-state index contributed by atoms with van der Waals surface area (Å²) in [4.78, 5) is 15.5. The van der Waals surface area contributed by atoms with Crippen molar-refractivity contribution >= 4 is 16.4 Å². The van der Waals surface area contributed by atoms with Crippen molar-refractivity contribution in [1.82, 2.24) is 0 Å². The second kappa shape index (κ2) is 16.2. The Morgan fingerprint density at radius 2 is 1.41 bits per heavy atom. The molecule has 0 N–H and O–H groups in total. The molecule has 0 amide bonds. The average molecular weight is 348 g/mol. The minimum atomic E-state index is -4.37. The Kier molecular flexibility index (Phi) is 18.1. The molecule has 0 atom stereocenters. The standard InChI is InChI=1S/C14H28O6S.Na.H/c1-3-5-6-7-8-9-10-11-12-13-14(15)19-21(16,17)20-18-4-2;;/h3-13H2,1-2H3;;/q;+1;-1. The van der Waals surface area contributed by atoms with Gasteiger partial charge in [0.15, 0.2) is 0 Å². The molecule has 8 heteroatoms. The van der Waals surface area contributed by atoms with Crippen molar-refractivity contribution in [2.75, 3.05) is 6.61 Å². The van der Waals surface area contributed by atoms with E-state index in [4.69, 9.17) is 0 Å². The van der Waals surface area contributed by atoms with Gasteiger partial charge in [-0.2, -0.15) is 8.42 Å². The second-order valence-electron chi connectivity index (χ2n) is 4.92. The van der Waals surface area contributed by atoms with Crippen molar-refractivity contribution in [3.8, 4) is 0 Å². The molecular weight excluding hydrogens is 319 g/mol. The van der Waals surface area contributed by atoms with E-state index in [1.165, 1.54) is 32.1 Å². The van der Waals surface area contributed by atoms with E-state index in [-0.39, 0.29) is 44.0 Å². The summed E-state index contributed by atoms with van der Waals surface area (Å²) < 4.78 is 30.3. The molecule has 0 heterocycles. The van der Waals surface area contributed by atoms with Gasteiger partial charge in [-0.1, -0.05) is 62.6 Å². The maximum Gasteiger partial charge on any atom is 1.00 e. The van der Waals surface area contributed by atoms with Crippen LogP contribution in [0.5, 0.6) is 0 Å². The third kappa shape index (κ3) is 16.7. The van der Waals surface area contributed by atoms with Crippen LogP contribution in [0.1, 0.15) is 79.5 Å². The molecule has 0 aliphatic rings. The SMILES string of the molecule is CCCCCCCCCCCC(=O)OS(=O)(=O)OOCC.[H-].[Na+]. The number of hydrogen-bond donors (Lipinski definition) is 0. The topological polar surface area (TPSA) is 78.9 Å². The molecular formula is C14H29NaO6S. The molecule has 0 radical (unpaired) electrons. The van der Waals surface area contributed by atoms with Crippen molar-refractivity contribution < 1.29 is 57.6 Å². The van der Waals surface area contributed by atoms with E-state index in [0.29, 0.717) is 6.42 Å². The fourth-order valence-electron chi connectivity index (χ4n) is 1.86. The van der Waals surface area contributed by atoms with Crippen LogP contribution < -0.4 is 29.6 Å². The number of hydrogen-bond acceptors (Lipinski definition) is 6. The summed E-state index contributed by atoms with van der Waals surface area (Å²) in [5.41, 5.74) is 0. The smallest absolute Gasteiger partial charge is 1.00 e. The van der Waals surface area contributed by atoms with Crippen LogP contribution in [0.4, 0.5) is 0 Å². The fourth-order valence-corrected chi connectivity index (χ4v) is 2.41. The Morgan fingerprint density at radius 1 is 0.909 bits per heavy atom. The minimum absolute atomic E-state index is 0. The summed E-state index contributed by atoms with van der Waals surface area (Å²) >= 11 is 0. The van der Waals surface area contributed by atoms with E-state index >= 15 is 0 Å². The monoisotopic (exact) mass is 348 g/mol. The summed E-state index contributed by atoms with van der Waals surface area (Å²) in [6.45, 7) is 3.80. The molecule has 0 saturated heterocycles. The Morgan fingerprint density at radius 3 is 1.91 bits per heavy atom. The maximum atomic E-state index is 11.3. The molecule has 0 aliphatic heterocycles. The summed E-state index contributed by atoms with van der Waals surface area (Å²) in [5.74, 6) is -0.808. The molecule has 0 fully saturated rings. The molecule has 0 bridgehead atoms. The minimum Gasteiger partial charge on any atom is -1.00 e. The van der Waals surface area contributed by atoms with E-state index in [0.717, 1.165) is 19.3 Å². The zero-order chi connectivity index (χ0) is 16.0. The molecule has 0 unspecified atom stereocenters. The van der Waals surface area contributed by atoms with E-state index in [1.54, 1.807) is 6.92 Å². The van der Waals surface area contributed by atoms with Crippen LogP contribution in [0.3, 0.4) is 0 Å². The molecule has 0 saturated carbocycles. The van der Waals surface area contributed by atoms with Crippen molar-refractivity contribution in [2.24, 2.45) is 0 Å². The van der Waals surface area contributed by atoms with Crippen LogP contribution in [-0.4, -0.2) is 21.0 Å². The van der Waals surface area contributed by atoms with Gasteiger partial charge in [0.25, 0.3) is 0 Å². The van der Waals surface area contributed by atoms with Crippen molar-refractivity contribution in [3.63, 3.8) is 0 Å². The summed E-state index contributed by atoms with van der Waals surface area (Å²) in [6.07, 6.45) is 10.1.